The van der Waals surface area contributed by atoms with Crippen molar-refractivity contribution in [1.29, 1.82) is 0 Å². The minimum absolute atomic E-state index is 0.00967. The van der Waals surface area contributed by atoms with Crippen LogP contribution >= 0.6 is 15.9 Å². The number of H-pyrrole nitrogens is 1. The van der Waals surface area contributed by atoms with Crippen LogP contribution in [0.2, 0.25) is 0 Å². The molecular formula is C14H16BrN3O. The number of carbonyl (C=O) groups excluding carboxylic acids is 1. The van der Waals surface area contributed by atoms with Gasteiger partial charge < -0.3 is 9.88 Å². The molecule has 19 heavy (non-hydrogen) atoms. The topological polar surface area (TPSA) is 49.0 Å². The normalized spacial score (nSPS) is 10.7. The van der Waals surface area contributed by atoms with E-state index in [0.29, 0.717) is 12.2 Å². The Morgan fingerprint density at radius 2 is 2.32 bits per heavy atom. The number of aromatic nitrogens is 2. The van der Waals surface area contributed by atoms with Gasteiger partial charge in [0.25, 0.3) is 5.91 Å². The van der Waals surface area contributed by atoms with Crippen LogP contribution in [0.5, 0.6) is 0 Å². The highest BCUT2D eigenvalue weighted by molar-refractivity contribution is 9.10. The first-order chi connectivity index (χ1) is 9.08. The largest absolute Gasteiger partial charge is 0.356 e. The quantitative estimate of drug-likeness (QED) is 0.939. The van der Waals surface area contributed by atoms with Crippen LogP contribution in [-0.2, 0) is 6.54 Å². The lowest BCUT2D eigenvalue weighted by atomic mass is 10.2. The lowest BCUT2D eigenvalue weighted by Crippen LogP contribution is -2.36. The van der Waals surface area contributed by atoms with Crippen molar-refractivity contribution in [2.45, 2.75) is 26.4 Å². The maximum absolute atomic E-state index is 12.5. The van der Waals surface area contributed by atoms with Gasteiger partial charge in [-0.2, -0.15) is 0 Å². The van der Waals surface area contributed by atoms with Gasteiger partial charge in [-0.15, -0.1) is 0 Å². The Bertz CT molecular complexity index is 551. The molecule has 0 aliphatic heterocycles. The summed E-state index contributed by atoms with van der Waals surface area (Å²) in [4.78, 5) is 21.3. The summed E-state index contributed by atoms with van der Waals surface area (Å²) in [6.07, 6.45) is 5.27. The minimum Gasteiger partial charge on any atom is -0.356 e. The molecule has 0 spiro atoms. The van der Waals surface area contributed by atoms with Gasteiger partial charge in [-0.25, -0.2) is 0 Å². The first-order valence-corrected chi connectivity index (χ1v) is 6.91. The van der Waals surface area contributed by atoms with Crippen molar-refractivity contribution in [3.05, 3.63) is 52.5 Å². The molecule has 0 fully saturated rings. The summed E-state index contributed by atoms with van der Waals surface area (Å²) in [7, 11) is 0. The fourth-order valence-corrected chi connectivity index (χ4v) is 2.17. The van der Waals surface area contributed by atoms with Gasteiger partial charge in [-0.3, -0.25) is 9.78 Å². The van der Waals surface area contributed by atoms with Crippen molar-refractivity contribution in [1.82, 2.24) is 14.9 Å². The Morgan fingerprint density at radius 1 is 1.53 bits per heavy atom. The van der Waals surface area contributed by atoms with E-state index in [4.69, 9.17) is 0 Å². The van der Waals surface area contributed by atoms with Crippen LogP contribution in [0, 0.1) is 0 Å². The molecule has 0 aromatic carbocycles. The monoisotopic (exact) mass is 321 g/mol. The number of rotatable bonds is 4. The molecule has 0 atom stereocenters. The van der Waals surface area contributed by atoms with Crippen molar-refractivity contribution in [3.8, 4) is 0 Å². The maximum atomic E-state index is 12.5. The van der Waals surface area contributed by atoms with Gasteiger partial charge in [-0.1, -0.05) is 6.07 Å². The van der Waals surface area contributed by atoms with E-state index in [1.807, 2.05) is 30.9 Å². The highest BCUT2D eigenvalue weighted by atomic mass is 79.9. The third-order valence-electron chi connectivity index (χ3n) is 2.84. The molecule has 0 aliphatic carbocycles. The molecule has 2 rings (SSSR count). The van der Waals surface area contributed by atoms with Gasteiger partial charge >= 0.3 is 0 Å². The second kappa shape index (κ2) is 6.02. The zero-order chi connectivity index (χ0) is 13.8. The third-order valence-corrected chi connectivity index (χ3v) is 3.30. The first-order valence-electron chi connectivity index (χ1n) is 6.11. The van der Waals surface area contributed by atoms with E-state index in [-0.39, 0.29) is 11.9 Å². The predicted molar refractivity (Wildman–Crippen MR) is 77.7 cm³/mol. The molecule has 4 nitrogen and oxygen atoms in total. The number of halogens is 1. The van der Waals surface area contributed by atoms with Crippen molar-refractivity contribution in [3.63, 3.8) is 0 Å². The molecule has 100 valence electrons. The van der Waals surface area contributed by atoms with E-state index in [0.717, 1.165) is 10.0 Å². The molecule has 0 saturated heterocycles. The van der Waals surface area contributed by atoms with E-state index in [1.54, 1.807) is 24.7 Å². The fourth-order valence-electron chi connectivity index (χ4n) is 1.82. The third kappa shape index (κ3) is 3.44. The average Bonchev–Trinajstić information content (AvgIpc) is 2.83. The Balaban J connectivity index is 2.19. The first kappa shape index (κ1) is 13.8. The number of amides is 1. The van der Waals surface area contributed by atoms with Crippen LogP contribution in [0.3, 0.4) is 0 Å². The highest BCUT2D eigenvalue weighted by Gasteiger charge is 2.20. The molecule has 2 heterocycles. The van der Waals surface area contributed by atoms with Crippen molar-refractivity contribution in [2.75, 3.05) is 0 Å². The van der Waals surface area contributed by atoms with E-state index >= 15 is 0 Å². The molecule has 0 saturated carbocycles. The molecule has 0 bridgehead atoms. The van der Waals surface area contributed by atoms with Crippen LogP contribution in [-0.4, -0.2) is 26.8 Å². The second-order valence-corrected chi connectivity index (χ2v) is 5.54. The maximum Gasteiger partial charge on any atom is 0.270 e. The Hall–Kier alpha value is -1.62. The molecule has 1 N–H and O–H groups in total. The number of aromatic amines is 1. The summed E-state index contributed by atoms with van der Waals surface area (Å²) >= 11 is 3.34. The van der Waals surface area contributed by atoms with Crippen LogP contribution in [0.15, 0.2) is 41.3 Å². The van der Waals surface area contributed by atoms with Gasteiger partial charge in [0, 0.05) is 35.6 Å². The van der Waals surface area contributed by atoms with Gasteiger partial charge in [-0.05, 0) is 47.5 Å². The lowest BCUT2D eigenvalue weighted by molar-refractivity contribution is 0.0685. The van der Waals surface area contributed by atoms with Crippen LogP contribution in [0.4, 0.5) is 0 Å². The molecule has 0 aliphatic rings. The second-order valence-electron chi connectivity index (χ2n) is 4.62. The Morgan fingerprint density at radius 3 is 2.84 bits per heavy atom. The van der Waals surface area contributed by atoms with Gasteiger partial charge in [0.15, 0.2) is 0 Å². The summed E-state index contributed by atoms with van der Waals surface area (Å²) in [5, 5.41) is 0. The lowest BCUT2D eigenvalue weighted by Gasteiger charge is -2.26. The van der Waals surface area contributed by atoms with Crippen molar-refractivity contribution < 1.29 is 4.79 Å². The number of nitrogens with zero attached hydrogens (tertiary/aromatic N) is 2. The van der Waals surface area contributed by atoms with E-state index in [9.17, 15) is 4.79 Å². The zero-order valence-corrected chi connectivity index (χ0v) is 12.5. The van der Waals surface area contributed by atoms with Gasteiger partial charge in [0.05, 0.1) is 0 Å². The van der Waals surface area contributed by atoms with E-state index in [1.165, 1.54) is 0 Å². The number of hydrogen-bond acceptors (Lipinski definition) is 2. The number of nitrogens with one attached hydrogen (secondary N) is 1. The number of hydrogen-bond donors (Lipinski definition) is 1. The molecule has 5 heteroatoms. The molecule has 0 radical (unpaired) electrons. The predicted octanol–water partition coefficient (Wildman–Crippen LogP) is 3.22. The SMILES string of the molecule is CC(C)N(Cc1cccnc1)C(=O)c1cc(Br)c[nH]1. The summed E-state index contributed by atoms with van der Waals surface area (Å²) < 4.78 is 0.876. The summed E-state index contributed by atoms with van der Waals surface area (Å²) in [6.45, 7) is 4.57. The fraction of sp³-hybridized carbons (Fsp3) is 0.286. The zero-order valence-electron chi connectivity index (χ0n) is 10.9. The van der Waals surface area contributed by atoms with E-state index < -0.39 is 0 Å². The molecule has 2 aromatic rings. The number of pyridine rings is 1. The molecule has 0 unspecified atom stereocenters. The standard InChI is InChI=1S/C14H16BrN3O/c1-10(2)18(9-11-4-3-5-16-7-11)14(19)13-6-12(15)8-17-13/h3-8,10,17H,9H2,1-2H3. The van der Waals surface area contributed by atoms with Crippen molar-refractivity contribution >= 4 is 21.8 Å². The highest BCUT2D eigenvalue weighted by Crippen LogP contribution is 2.16. The molecular weight excluding hydrogens is 306 g/mol. The summed E-state index contributed by atoms with van der Waals surface area (Å²) in [6, 6.07) is 5.76. The van der Waals surface area contributed by atoms with Crippen LogP contribution < -0.4 is 0 Å². The molecule has 1 amide bonds. The summed E-state index contributed by atoms with van der Waals surface area (Å²) in [5.41, 5.74) is 1.61. The van der Waals surface area contributed by atoms with E-state index in [2.05, 4.69) is 25.9 Å². The van der Waals surface area contributed by atoms with Crippen molar-refractivity contribution in [2.24, 2.45) is 0 Å². The summed E-state index contributed by atoms with van der Waals surface area (Å²) in [5.74, 6) is -0.00967. The average molecular weight is 322 g/mol. The Kier molecular flexibility index (Phi) is 4.37. The Labute approximate surface area is 121 Å². The van der Waals surface area contributed by atoms with Gasteiger partial charge in [0.2, 0.25) is 0 Å². The molecule has 2 aromatic heterocycles. The van der Waals surface area contributed by atoms with Crippen LogP contribution in [0.1, 0.15) is 29.9 Å². The number of carbonyl (C=O) groups is 1. The smallest absolute Gasteiger partial charge is 0.270 e. The van der Waals surface area contributed by atoms with Gasteiger partial charge in [0.1, 0.15) is 5.69 Å². The minimum atomic E-state index is -0.00967. The van der Waals surface area contributed by atoms with Crippen LogP contribution in [0.25, 0.3) is 0 Å².